The summed E-state index contributed by atoms with van der Waals surface area (Å²) in [5, 5.41) is 11.9. The van der Waals surface area contributed by atoms with E-state index in [1.165, 1.54) is 0 Å². The zero-order valence-electron chi connectivity index (χ0n) is 12.5. The van der Waals surface area contributed by atoms with Gasteiger partial charge in [-0.2, -0.15) is 0 Å². The van der Waals surface area contributed by atoms with E-state index in [0.717, 1.165) is 0 Å². The third-order valence-corrected chi connectivity index (χ3v) is 2.55. The third-order valence-electron chi connectivity index (χ3n) is 2.55. The Kier molecular flexibility index (Phi) is 6.00. The van der Waals surface area contributed by atoms with Crippen molar-refractivity contribution in [2.24, 2.45) is 5.41 Å². The molecule has 0 aromatic heterocycles. The van der Waals surface area contributed by atoms with Crippen LogP contribution >= 0.6 is 0 Å². The molecule has 0 amide bonds. The number of ketones is 1. The highest BCUT2D eigenvalue weighted by atomic mass is 16.4. The molecule has 4 heteroatoms. The maximum atomic E-state index is 12.3. The Hall–Kier alpha value is -0.900. The van der Waals surface area contributed by atoms with Crippen LogP contribution in [0.4, 0.5) is 0 Å². The standard InChI is InChI=1S/C14H27NO3/c1-13(2,3)12(18)10(15-14(4,5)6)8-7-9-11(16)17/h10,15H,7-9H2,1-6H3,(H,16,17)/t10-/m0/s1. The molecule has 0 bridgehead atoms. The number of carboxylic acids is 1. The topological polar surface area (TPSA) is 66.4 Å². The average molecular weight is 257 g/mol. The fraction of sp³-hybridized carbons (Fsp3) is 0.857. The number of carbonyl (C=O) groups excluding carboxylic acids is 1. The number of hydrogen-bond acceptors (Lipinski definition) is 3. The molecule has 0 saturated carbocycles. The van der Waals surface area contributed by atoms with Gasteiger partial charge in [0.25, 0.3) is 0 Å². The van der Waals surface area contributed by atoms with Crippen LogP contribution in [0.15, 0.2) is 0 Å². The summed E-state index contributed by atoms with van der Waals surface area (Å²) in [7, 11) is 0. The SMILES string of the molecule is CC(C)(C)N[C@@H](CCCC(=O)O)C(=O)C(C)(C)C. The van der Waals surface area contributed by atoms with Crippen molar-refractivity contribution in [2.45, 2.75) is 72.4 Å². The van der Waals surface area contributed by atoms with Gasteiger partial charge in [-0.1, -0.05) is 20.8 Å². The van der Waals surface area contributed by atoms with Gasteiger partial charge in [0, 0.05) is 17.4 Å². The second-order valence-corrected chi connectivity index (χ2v) is 6.85. The first-order chi connectivity index (χ1) is 7.93. The molecule has 0 aliphatic heterocycles. The number of nitrogens with one attached hydrogen (secondary N) is 1. The zero-order valence-corrected chi connectivity index (χ0v) is 12.5. The van der Waals surface area contributed by atoms with Crippen molar-refractivity contribution in [3.05, 3.63) is 0 Å². The molecule has 0 aliphatic carbocycles. The molecule has 18 heavy (non-hydrogen) atoms. The molecule has 1 atom stereocenters. The number of rotatable bonds is 6. The van der Waals surface area contributed by atoms with Crippen LogP contribution in [-0.2, 0) is 9.59 Å². The van der Waals surface area contributed by atoms with Crippen molar-refractivity contribution in [2.75, 3.05) is 0 Å². The normalized spacial score (nSPS) is 14.3. The average Bonchev–Trinajstić information content (AvgIpc) is 2.11. The Balaban J connectivity index is 4.63. The van der Waals surface area contributed by atoms with Gasteiger partial charge < -0.3 is 10.4 Å². The molecule has 0 aliphatic rings. The fourth-order valence-corrected chi connectivity index (χ4v) is 1.77. The minimum Gasteiger partial charge on any atom is -0.481 e. The zero-order chi connectivity index (χ0) is 14.6. The molecule has 0 unspecified atom stereocenters. The van der Waals surface area contributed by atoms with Gasteiger partial charge in [-0.05, 0) is 33.6 Å². The van der Waals surface area contributed by atoms with Crippen LogP contribution < -0.4 is 5.32 Å². The lowest BCUT2D eigenvalue weighted by Crippen LogP contribution is -2.50. The van der Waals surface area contributed by atoms with Gasteiger partial charge in [-0.15, -0.1) is 0 Å². The van der Waals surface area contributed by atoms with Crippen LogP contribution in [-0.4, -0.2) is 28.4 Å². The predicted octanol–water partition coefficient (Wildman–Crippen LogP) is 2.61. The third kappa shape index (κ3) is 7.43. The lowest BCUT2D eigenvalue weighted by Gasteiger charge is -2.31. The number of Topliss-reactive ketones (excluding diaryl/α,β-unsaturated/α-hetero) is 1. The van der Waals surface area contributed by atoms with E-state index in [2.05, 4.69) is 5.32 Å². The molecule has 0 aromatic carbocycles. The molecule has 0 fully saturated rings. The van der Waals surface area contributed by atoms with Gasteiger partial charge in [-0.25, -0.2) is 0 Å². The Morgan fingerprint density at radius 2 is 1.61 bits per heavy atom. The second kappa shape index (κ2) is 6.32. The number of carbonyl (C=O) groups is 2. The highest BCUT2D eigenvalue weighted by Gasteiger charge is 2.31. The molecule has 106 valence electrons. The maximum absolute atomic E-state index is 12.3. The van der Waals surface area contributed by atoms with Crippen molar-refractivity contribution in [1.82, 2.24) is 5.32 Å². The molecule has 4 nitrogen and oxygen atoms in total. The van der Waals surface area contributed by atoms with Crippen LogP contribution in [0.2, 0.25) is 0 Å². The predicted molar refractivity (Wildman–Crippen MR) is 72.6 cm³/mol. The highest BCUT2D eigenvalue weighted by Crippen LogP contribution is 2.21. The summed E-state index contributed by atoms with van der Waals surface area (Å²) >= 11 is 0. The Labute approximate surface area is 110 Å². The summed E-state index contributed by atoms with van der Waals surface area (Å²) in [5.41, 5.74) is -0.569. The largest absolute Gasteiger partial charge is 0.481 e. The van der Waals surface area contributed by atoms with Crippen LogP contribution in [0.3, 0.4) is 0 Å². The first kappa shape index (κ1) is 17.1. The van der Waals surface area contributed by atoms with Crippen molar-refractivity contribution >= 4 is 11.8 Å². The van der Waals surface area contributed by atoms with E-state index < -0.39 is 11.4 Å². The molecule has 0 spiro atoms. The Morgan fingerprint density at radius 3 is 1.94 bits per heavy atom. The number of aliphatic carboxylic acids is 1. The Bertz CT molecular complexity index is 297. The van der Waals surface area contributed by atoms with Crippen LogP contribution in [0.1, 0.15) is 60.8 Å². The molecule has 0 rings (SSSR count). The number of carboxylic acid groups (broad SMARTS) is 1. The van der Waals surface area contributed by atoms with E-state index in [4.69, 9.17) is 5.11 Å². The smallest absolute Gasteiger partial charge is 0.303 e. The summed E-state index contributed by atoms with van der Waals surface area (Å²) < 4.78 is 0. The highest BCUT2D eigenvalue weighted by molar-refractivity contribution is 5.88. The molecular weight excluding hydrogens is 230 g/mol. The fourth-order valence-electron chi connectivity index (χ4n) is 1.77. The van der Waals surface area contributed by atoms with Gasteiger partial charge >= 0.3 is 5.97 Å². The van der Waals surface area contributed by atoms with E-state index in [1.807, 2.05) is 41.5 Å². The minimum atomic E-state index is -0.812. The van der Waals surface area contributed by atoms with Crippen molar-refractivity contribution in [1.29, 1.82) is 0 Å². The Morgan fingerprint density at radius 1 is 1.11 bits per heavy atom. The number of hydrogen-bond donors (Lipinski definition) is 2. The van der Waals surface area contributed by atoms with Gasteiger partial charge in [0.05, 0.1) is 6.04 Å². The van der Waals surface area contributed by atoms with E-state index in [0.29, 0.717) is 12.8 Å². The van der Waals surface area contributed by atoms with E-state index in [1.54, 1.807) is 0 Å². The maximum Gasteiger partial charge on any atom is 0.303 e. The summed E-state index contributed by atoms with van der Waals surface area (Å²) in [6, 6.07) is -0.274. The molecule has 0 aromatic rings. The van der Waals surface area contributed by atoms with Crippen molar-refractivity contribution < 1.29 is 14.7 Å². The molecule has 2 N–H and O–H groups in total. The summed E-state index contributed by atoms with van der Waals surface area (Å²) in [6.45, 7) is 11.7. The van der Waals surface area contributed by atoms with E-state index in [-0.39, 0.29) is 23.8 Å². The van der Waals surface area contributed by atoms with Gasteiger partial charge in [-0.3, -0.25) is 9.59 Å². The quantitative estimate of drug-likeness (QED) is 0.767. The van der Waals surface area contributed by atoms with E-state index >= 15 is 0 Å². The van der Waals surface area contributed by atoms with Crippen LogP contribution in [0.25, 0.3) is 0 Å². The van der Waals surface area contributed by atoms with Crippen molar-refractivity contribution in [3.8, 4) is 0 Å². The summed E-state index contributed by atoms with van der Waals surface area (Å²) in [4.78, 5) is 22.8. The first-order valence-corrected chi connectivity index (χ1v) is 6.47. The molecule has 0 heterocycles. The van der Waals surface area contributed by atoms with Crippen molar-refractivity contribution in [3.63, 3.8) is 0 Å². The minimum absolute atomic E-state index is 0.111. The molecule has 0 radical (unpaired) electrons. The summed E-state index contributed by atoms with van der Waals surface area (Å²) in [6.07, 6.45) is 1.20. The summed E-state index contributed by atoms with van der Waals surface area (Å²) in [5.74, 6) is -0.671. The van der Waals surface area contributed by atoms with Gasteiger partial charge in [0.1, 0.15) is 0 Å². The van der Waals surface area contributed by atoms with E-state index in [9.17, 15) is 9.59 Å². The molecule has 0 saturated heterocycles. The lowest BCUT2D eigenvalue weighted by molar-refractivity contribution is -0.137. The van der Waals surface area contributed by atoms with Crippen LogP contribution in [0, 0.1) is 5.41 Å². The first-order valence-electron chi connectivity index (χ1n) is 6.47. The monoisotopic (exact) mass is 257 g/mol. The molecular formula is C14H27NO3. The van der Waals surface area contributed by atoms with Gasteiger partial charge in [0.2, 0.25) is 0 Å². The lowest BCUT2D eigenvalue weighted by atomic mass is 9.84. The van der Waals surface area contributed by atoms with Crippen LogP contribution in [0.5, 0.6) is 0 Å². The van der Waals surface area contributed by atoms with Gasteiger partial charge in [0.15, 0.2) is 5.78 Å². The second-order valence-electron chi connectivity index (χ2n) is 6.85.